The Kier molecular flexibility index (Phi) is 3.16. The van der Waals surface area contributed by atoms with E-state index in [1.807, 2.05) is 12.1 Å². The molecule has 0 radical (unpaired) electrons. The van der Waals surface area contributed by atoms with Gasteiger partial charge in [0.2, 0.25) is 5.89 Å². The molecule has 16 heavy (non-hydrogen) atoms. The van der Waals surface area contributed by atoms with Gasteiger partial charge in [0.15, 0.2) is 5.82 Å². The lowest BCUT2D eigenvalue weighted by Crippen LogP contribution is -2.13. The Morgan fingerprint density at radius 1 is 1.31 bits per heavy atom. The molecule has 2 aromatic rings. The summed E-state index contributed by atoms with van der Waals surface area (Å²) in [5.74, 6) is 1.46. The number of rotatable bonds is 4. The van der Waals surface area contributed by atoms with Crippen LogP contribution in [0.15, 0.2) is 28.8 Å². The molecule has 1 heterocycles. The van der Waals surface area contributed by atoms with Crippen molar-refractivity contribution in [3.63, 3.8) is 0 Å². The van der Waals surface area contributed by atoms with Crippen molar-refractivity contribution >= 4 is 0 Å². The van der Waals surface area contributed by atoms with Gasteiger partial charge in [-0.3, -0.25) is 0 Å². The Bertz CT molecular complexity index is 468. The van der Waals surface area contributed by atoms with Crippen molar-refractivity contribution in [2.24, 2.45) is 0 Å². The van der Waals surface area contributed by atoms with E-state index >= 15 is 0 Å². The van der Waals surface area contributed by atoms with Crippen molar-refractivity contribution in [2.75, 3.05) is 0 Å². The van der Waals surface area contributed by atoms with Gasteiger partial charge in [0.05, 0.1) is 6.54 Å². The molecular formula is C11H13N3O2. The van der Waals surface area contributed by atoms with Crippen LogP contribution in [0.3, 0.4) is 0 Å². The third kappa shape index (κ3) is 2.58. The SMILES string of the molecule is Cc1nc(CNCc2ccccc2O)no1. The second-order valence-electron chi connectivity index (χ2n) is 3.46. The molecule has 2 rings (SSSR count). The van der Waals surface area contributed by atoms with Crippen LogP contribution in [0.25, 0.3) is 0 Å². The minimum absolute atomic E-state index is 0.291. The third-order valence-corrected chi connectivity index (χ3v) is 2.16. The number of benzene rings is 1. The summed E-state index contributed by atoms with van der Waals surface area (Å²) in [6, 6.07) is 7.20. The Hall–Kier alpha value is -1.88. The fourth-order valence-electron chi connectivity index (χ4n) is 1.38. The second-order valence-corrected chi connectivity index (χ2v) is 3.46. The number of aryl methyl sites for hydroxylation is 1. The smallest absolute Gasteiger partial charge is 0.223 e. The van der Waals surface area contributed by atoms with Crippen LogP contribution in [0.5, 0.6) is 5.75 Å². The largest absolute Gasteiger partial charge is 0.508 e. The van der Waals surface area contributed by atoms with E-state index in [2.05, 4.69) is 15.5 Å². The van der Waals surface area contributed by atoms with E-state index in [-0.39, 0.29) is 0 Å². The van der Waals surface area contributed by atoms with E-state index in [0.717, 1.165) is 5.56 Å². The Labute approximate surface area is 93.1 Å². The fourth-order valence-corrected chi connectivity index (χ4v) is 1.38. The van der Waals surface area contributed by atoms with Crippen LogP contribution in [0.1, 0.15) is 17.3 Å². The molecule has 0 aliphatic rings. The van der Waals surface area contributed by atoms with E-state index in [4.69, 9.17) is 4.52 Å². The molecule has 2 N–H and O–H groups in total. The second kappa shape index (κ2) is 4.76. The molecule has 5 heteroatoms. The van der Waals surface area contributed by atoms with Gasteiger partial charge in [-0.1, -0.05) is 23.4 Å². The molecular weight excluding hydrogens is 206 g/mol. The van der Waals surface area contributed by atoms with Gasteiger partial charge in [-0.05, 0) is 6.07 Å². The summed E-state index contributed by atoms with van der Waals surface area (Å²) in [4.78, 5) is 4.06. The number of phenolic OH excluding ortho intramolecular Hbond substituents is 1. The number of nitrogens with zero attached hydrogens (tertiary/aromatic N) is 2. The van der Waals surface area contributed by atoms with Crippen LogP contribution < -0.4 is 5.32 Å². The quantitative estimate of drug-likeness (QED) is 0.812. The number of para-hydroxylation sites is 1. The number of hydrogen-bond donors (Lipinski definition) is 2. The van der Waals surface area contributed by atoms with E-state index < -0.39 is 0 Å². The van der Waals surface area contributed by atoms with Gasteiger partial charge >= 0.3 is 0 Å². The van der Waals surface area contributed by atoms with Crippen LogP contribution >= 0.6 is 0 Å². The minimum Gasteiger partial charge on any atom is -0.508 e. The average molecular weight is 219 g/mol. The normalized spacial score (nSPS) is 10.6. The number of nitrogens with one attached hydrogen (secondary N) is 1. The zero-order valence-electron chi connectivity index (χ0n) is 8.97. The summed E-state index contributed by atoms with van der Waals surface area (Å²) in [6.07, 6.45) is 0. The summed E-state index contributed by atoms with van der Waals surface area (Å²) < 4.78 is 4.84. The predicted octanol–water partition coefficient (Wildman–Crippen LogP) is 1.37. The highest BCUT2D eigenvalue weighted by atomic mass is 16.5. The first-order valence-electron chi connectivity index (χ1n) is 5.02. The van der Waals surface area contributed by atoms with E-state index in [1.54, 1.807) is 19.1 Å². The molecule has 0 unspecified atom stereocenters. The number of phenols is 1. The van der Waals surface area contributed by atoms with Crippen LogP contribution in [-0.2, 0) is 13.1 Å². The van der Waals surface area contributed by atoms with Crippen LogP contribution in [-0.4, -0.2) is 15.2 Å². The van der Waals surface area contributed by atoms with Gasteiger partial charge in [-0.25, -0.2) is 0 Å². The molecule has 84 valence electrons. The molecule has 0 atom stereocenters. The molecule has 1 aromatic heterocycles. The summed E-state index contributed by atoms with van der Waals surface area (Å²) in [6.45, 7) is 2.84. The third-order valence-electron chi connectivity index (χ3n) is 2.16. The highest BCUT2D eigenvalue weighted by Gasteiger charge is 2.02. The first kappa shape index (κ1) is 10.6. The van der Waals surface area contributed by atoms with Gasteiger partial charge in [-0.2, -0.15) is 4.98 Å². The van der Waals surface area contributed by atoms with Crippen LogP contribution in [0.2, 0.25) is 0 Å². The number of hydrogen-bond acceptors (Lipinski definition) is 5. The molecule has 0 amide bonds. The highest BCUT2D eigenvalue weighted by Crippen LogP contribution is 2.14. The van der Waals surface area contributed by atoms with Gasteiger partial charge < -0.3 is 14.9 Å². The van der Waals surface area contributed by atoms with Crippen molar-refractivity contribution in [2.45, 2.75) is 20.0 Å². The lowest BCUT2D eigenvalue weighted by atomic mass is 10.2. The van der Waals surface area contributed by atoms with E-state index in [1.165, 1.54) is 0 Å². The van der Waals surface area contributed by atoms with Crippen molar-refractivity contribution in [1.29, 1.82) is 0 Å². The standard InChI is InChI=1S/C11H13N3O2/c1-8-13-11(14-16-8)7-12-6-9-4-2-3-5-10(9)15/h2-5,12,15H,6-7H2,1H3. The van der Waals surface area contributed by atoms with Crippen molar-refractivity contribution in [1.82, 2.24) is 15.5 Å². The van der Waals surface area contributed by atoms with Gasteiger partial charge in [0.1, 0.15) is 5.75 Å². The fraction of sp³-hybridized carbons (Fsp3) is 0.273. The highest BCUT2D eigenvalue weighted by molar-refractivity contribution is 5.31. The molecule has 0 saturated carbocycles. The molecule has 0 bridgehead atoms. The average Bonchev–Trinajstić information content (AvgIpc) is 2.67. The Morgan fingerprint density at radius 2 is 2.12 bits per heavy atom. The first-order chi connectivity index (χ1) is 7.75. The lowest BCUT2D eigenvalue weighted by Gasteiger charge is -2.04. The molecule has 5 nitrogen and oxygen atoms in total. The van der Waals surface area contributed by atoms with Crippen LogP contribution in [0.4, 0.5) is 0 Å². The molecule has 0 spiro atoms. The van der Waals surface area contributed by atoms with Gasteiger partial charge in [0, 0.05) is 19.0 Å². The van der Waals surface area contributed by atoms with Crippen LogP contribution in [0, 0.1) is 6.92 Å². The van der Waals surface area contributed by atoms with Crippen molar-refractivity contribution < 1.29 is 9.63 Å². The number of aromatic hydroxyl groups is 1. The minimum atomic E-state index is 0.291. The predicted molar refractivity (Wildman–Crippen MR) is 57.7 cm³/mol. The molecule has 0 aliphatic carbocycles. The maximum Gasteiger partial charge on any atom is 0.223 e. The zero-order chi connectivity index (χ0) is 11.4. The maximum absolute atomic E-state index is 9.52. The maximum atomic E-state index is 9.52. The summed E-state index contributed by atoms with van der Waals surface area (Å²) in [5.41, 5.74) is 0.850. The van der Waals surface area contributed by atoms with Crippen molar-refractivity contribution in [3.8, 4) is 5.75 Å². The molecule has 0 saturated heterocycles. The van der Waals surface area contributed by atoms with Gasteiger partial charge in [-0.15, -0.1) is 0 Å². The molecule has 1 aromatic carbocycles. The molecule has 0 aliphatic heterocycles. The summed E-state index contributed by atoms with van der Waals surface area (Å²) in [5, 5.41) is 16.4. The van der Waals surface area contributed by atoms with Gasteiger partial charge in [0.25, 0.3) is 0 Å². The summed E-state index contributed by atoms with van der Waals surface area (Å²) >= 11 is 0. The first-order valence-corrected chi connectivity index (χ1v) is 5.02. The Balaban J connectivity index is 1.87. The summed E-state index contributed by atoms with van der Waals surface area (Å²) in [7, 11) is 0. The van der Waals surface area contributed by atoms with E-state index in [9.17, 15) is 5.11 Å². The monoisotopic (exact) mass is 219 g/mol. The molecule has 0 fully saturated rings. The van der Waals surface area contributed by atoms with Crippen molar-refractivity contribution in [3.05, 3.63) is 41.5 Å². The zero-order valence-corrected chi connectivity index (χ0v) is 8.97. The topological polar surface area (TPSA) is 71.2 Å². The lowest BCUT2D eigenvalue weighted by molar-refractivity contribution is 0.385. The van der Waals surface area contributed by atoms with E-state index in [0.29, 0.717) is 30.6 Å². The number of aromatic nitrogens is 2. The Morgan fingerprint density at radius 3 is 2.81 bits per heavy atom.